The van der Waals surface area contributed by atoms with Crippen molar-refractivity contribution >= 4 is 45.6 Å². The maximum Gasteiger partial charge on any atom is 0.323 e. The molecule has 1 fully saturated rings. The Balaban J connectivity index is 1.28. The van der Waals surface area contributed by atoms with Gasteiger partial charge >= 0.3 is 6.03 Å². The molecule has 0 radical (unpaired) electrons. The summed E-state index contributed by atoms with van der Waals surface area (Å²) < 4.78 is 0. The first-order valence-electron chi connectivity index (χ1n) is 14.5. The van der Waals surface area contributed by atoms with Crippen LogP contribution >= 0.6 is 11.3 Å². The molecule has 220 valence electrons. The van der Waals surface area contributed by atoms with Gasteiger partial charge in [-0.15, -0.1) is 11.3 Å². The van der Waals surface area contributed by atoms with Crippen molar-refractivity contribution in [3.63, 3.8) is 0 Å². The van der Waals surface area contributed by atoms with E-state index in [1.807, 2.05) is 78.2 Å². The van der Waals surface area contributed by atoms with E-state index in [1.165, 1.54) is 11.3 Å². The minimum absolute atomic E-state index is 0.123. The first kappa shape index (κ1) is 27.7. The van der Waals surface area contributed by atoms with Gasteiger partial charge in [0.2, 0.25) is 5.91 Å². The highest BCUT2D eigenvalue weighted by Gasteiger charge is 2.51. The fourth-order valence-electron chi connectivity index (χ4n) is 6.25. The minimum atomic E-state index is -0.847. The standard InChI is InChI=1S/C35H30N4O4S/c40-27-15-13-23(14-16-27)19-30-33(41)37(21-26-11-6-10-25-9-4-5-12-28(25)26)22-31-38(30)34(42)32-29(17-18-44-32)39(31)35(43)36-20-24-7-2-1-3-8-24/h1-18,30-31,40H,19-22H2,(H,36,43). The Bertz CT molecular complexity index is 1850. The van der Waals surface area contributed by atoms with Crippen LogP contribution in [0.1, 0.15) is 26.4 Å². The quantitative estimate of drug-likeness (QED) is 0.259. The Hall–Kier alpha value is -5.15. The predicted molar refractivity (Wildman–Crippen MR) is 170 cm³/mol. The topological polar surface area (TPSA) is 93.2 Å². The number of phenolic OH excluding ortho intramolecular Hbond substituents is 1. The van der Waals surface area contributed by atoms with Crippen LogP contribution in [0.15, 0.2) is 109 Å². The number of hydrogen-bond acceptors (Lipinski definition) is 5. The number of rotatable bonds is 6. The van der Waals surface area contributed by atoms with Gasteiger partial charge in [0.25, 0.3) is 5.91 Å². The molecule has 5 aromatic rings. The molecule has 2 aliphatic rings. The zero-order chi connectivity index (χ0) is 30.2. The number of thiophene rings is 1. The van der Waals surface area contributed by atoms with E-state index in [-0.39, 0.29) is 36.6 Å². The Morgan fingerprint density at radius 3 is 2.43 bits per heavy atom. The second-order valence-corrected chi connectivity index (χ2v) is 12.0. The van der Waals surface area contributed by atoms with Gasteiger partial charge in [-0.2, -0.15) is 0 Å². The Morgan fingerprint density at radius 1 is 0.864 bits per heavy atom. The summed E-state index contributed by atoms with van der Waals surface area (Å²) in [6, 6.07) is 31.1. The van der Waals surface area contributed by atoms with Crippen LogP contribution in [0.3, 0.4) is 0 Å². The molecule has 0 aliphatic carbocycles. The Morgan fingerprint density at radius 2 is 1.61 bits per heavy atom. The lowest BCUT2D eigenvalue weighted by Crippen LogP contribution is -2.71. The van der Waals surface area contributed by atoms with Crippen LogP contribution in [0.2, 0.25) is 0 Å². The number of carbonyl (C=O) groups excluding carboxylic acids is 3. The molecule has 0 spiro atoms. The molecule has 1 aromatic heterocycles. The molecule has 2 atom stereocenters. The van der Waals surface area contributed by atoms with E-state index in [2.05, 4.69) is 5.32 Å². The lowest BCUT2D eigenvalue weighted by atomic mass is 9.96. The summed E-state index contributed by atoms with van der Waals surface area (Å²) in [5.74, 6) is -0.313. The highest BCUT2D eigenvalue weighted by atomic mass is 32.1. The monoisotopic (exact) mass is 602 g/mol. The molecule has 2 N–H and O–H groups in total. The molecule has 44 heavy (non-hydrogen) atoms. The SMILES string of the molecule is O=C1C(Cc2ccc(O)cc2)N2C(=O)c3sccc3N(C(=O)NCc3ccccc3)C2CN1Cc1cccc2ccccc12. The zero-order valence-electron chi connectivity index (χ0n) is 23.8. The Labute approximate surface area is 258 Å². The number of phenols is 1. The number of aromatic hydroxyl groups is 1. The lowest BCUT2D eigenvalue weighted by Gasteiger charge is -2.51. The molecule has 2 aliphatic heterocycles. The molecule has 4 aromatic carbocycles. The van der Waals surface area contributed by atoms with Crippen LogP contribution in [0.25, 0.3) is 10.8 Å². The van der Waals surface area contributed by atoms with Crippen LogP contribution in [0, 0.1) is 0 Å². The third kappa shape index (κ3) is 5.05. The molecule has 8 nitrogen and oxygen atoms in total. The number of urea groups is 1. The van der Waals surface area contributed by atoms with E-state index in [0.29, 0.717) is 23.7 Å². The van der Waals surface area contributed by atoms with Crippen molar-refractivity contribution in [2.45, 2.75) is 31.7 Å². The number of fused-ring (bicyclic) bond motifs is 3. The number of hydrogen-bond donors (Lipinski definition) is 2. The number of piperazine rings is 1. The fourth-order valence-corrected chi connectivity index (χ4v) is 7.07. The summed E-state index contributed by atoms with van der Waals surface area (Å²) in [5.41, 5.74) is 3.30. The van der Waals surface area contributed by atoms with Crippen LogP contribution in [0.4, 0.5) is 10.5 Å². The molecule has 9 heteroatoms. The largest absolute Gasteiger partial charge is 0.508 e. The molecule has 0 saturated carbocycles. The first-order valence-corrected chi connectivity index (χ1v) is 15.4. The van der Waals surface area contributed by atoms with Gasteiger partial charge in [0, 0.05) is 19.5 Å². The molecule has 1 saturated heterocycles. The minimum Gasteiger partial charge on any atom is -0.508 e. The maximum absolute atomic E-state index is 14.3. The van der Waals surface area contributed by atoms with Crippen molar-refractivity contribution in [3.05, 3.63) is 130 Å². The van der Waals surface area contributed by atoms with E-state index >= 15 is 0 Å². The summed E-state index contributed by atoms with van der Waals surface area (Å²) in [6.45, 7) is 0.820. The van der Waals surface area contributed by atoms with Crippen molar-refractivity contribution in [2.75, 3.05) is 11.4 Å². The first-order chi connectivity index (χ1) is 21.5. The average molecular weight is 603 g/mol. The maximum atomic E-state index is 14.3. The highest BCUT2D eigenvalue weighted by Crippen LogP contribution is 2.39. The van der Waals surface area contributed by atoms with Gasteiger partial charge in [-0.05, 0) is 51.0 Å². The normalized spacial score (nSPS) is 17.9. The van der Waals surface area contributed by atoms with Crippen LogP contribution in [0.5, 0.6) is 5.75 Å². The van der Waals surface area contributed by atoms with Gasteiger partial charge < -0.3 is 20.2 Å². The van der Waals surface area contributed by atoms with Crippen molar-refractivity contribution in [1.29, 1.82) is 0 Å². The van der Waals surface area contributed by atoms with Crippen molar-refractivity contribution < 1.29 is 19.5 Å². The molecule has 0 bridgehead atoms. The second kappa shape index (κ2) is 11.5. The molecule has 3 heterocycles. The molecule has 7 rings (SSSR count). The third-order valence-corrected chi connectivity index (χ3v) is 9.27. The molecule has 4 amide bonds. The van der Waals surface area contributed by atoms with E-state index < -0.39 is 12.2 Å². The number of anilines is 1. The van der Waals surface area contributed by atoms with Gasteiger partial charge in [0.1, 0.15) is 22.8 Å². The summed E-state index contributed by atoms with van der Waals surface area (Å²) in [7, 11) is 0. The van der Waals surface area contributed by atoms with Crippen molar-refractivity contribution in [2.24, 2.45) is 0 Å². The molecule has 2 unspecified atom stereocenters. The van der Waals surface area contributed by atoms with E-state index in [9.17, 15) is 19.5 Å². The number of nitrogens with one attached hydrogen (secondary N) is 1. The van der Waals surface area contributed by atoms with Gasteiger partial charge in [-0.1, -0.05) is 84.9 Å². The lowest BCUT2D eigenvalue weighted by molar-refractivity contribution is -0.143. The van der Waals surface area contributed by atoms with Gasteiger partial charge in [-0.3, -0.25) is 14.5 Å². The second-order valence-electron chi connectivity index (χ2n) is 11.1. The molecular formula is C35H30N4O4S. The smallest absolute Gasteiger partial charge is 0.323 e. The highest BCUT2D eigenvalue weighted by molar-refractivity contribution is 7.12. The van der Waals surface area contributed by atoms with E-state index in [0.717, 1.165) is 27.5 Å². The van der Waals surface area contributed by atoms with E-state index in [1.54, 1.807) is 45.0 Å². The van der Waals surface area contributed by atoms with Crippen LogP contribution < -0.4 is 10.2 Å². The number of amides is 4. The number of benzene rings is 4. The van der Waals surface area contributed by atoms with Crippen molar-refractivity contribution in [1.82, 2.24) is 15.1 Å². The zero-order valence-corrected chi connectivity index (χ0v) is 24.6. The molecular weight excluding hydrogens is 572 g/mol. The number of nitrogens with zero attached hydrogens (tertiary/aromatic N) is 3. The van der Waals surface area contributed by atoms with Crippen LogP contribution in [-0.4, -0.2) is 51.5 Å². The van der Waals surface area contributed by atoms with Gasteiger partial charge in [-0.25, -0.2) is 4.79 Å². The summed E-state index contributed by atoms with van der Waals surface area (Å²) in [4.78, 5) is 47.8. The fraction of sp³-hybridized carbons (Fsp3) is 0.171. The Kier molecular flexibility index (Phi) is 7.23. The van der Waals surface area contributed by atoms with Crippen LogP contribution in [-0.2, 0) is 24.3 Å². The summed E-state index contributed by atoms with van der Waals surface area (Å²) >= 11 is 1.27. The predicted octanol–water partition coefficient (Wildman–Crippen LogP) is 5.76. The number of carbonyl (C=O) groups is 3. The van der Waals surface area contributed by atoms with Crippen molar-refractivity contribution in [3.8, 4) is 5.75 Å². The summed E-state index contributed by atoms with van der Waals surface area (Å²) in [5, 5.41) is 16.8. The summed E-state index contributed by atoms with van der Waals surface area (Å²) in [6.07, 6.45) is -0.469. The van der Waals surface area contributed by atoms with Gasteiger partial charge in [0.05, 0.1) is 12.2 Å². The van der Waals surface area contributed by atoms with E-state index in [4.69, 9.17) is 0 Å². The van der Waals surface area contributed by atoms with Gasteiger partial charge in [0.15, 0.2) is 0 Å². The third-order valence-electron chi connectivity index (χ3n) is 8.38. The average Bonchev–Trinajstić information content (AvgIpc) is 3.54.